The van der Waals surface area contributed by atoms with E-state index >= 15 is 0 Å². The number of aromatic nitrogens is 1. The molecule has 0 amide bonds. The number of hydrogen-bond donors (Lipinski definition) is 0. The molecule has 0 spiro atoms. The molecule has 1 aliphatic rings. The van der Waals surface area contributed by atoms with Crippen LogP contribution < -0.4 is 4.90 Å². The summed E-state index contributed by atoms with van der Waals surface area (Å²) in [5.41, 5.74) is 0.938. The Morgan fingerprint density at radius 3 is 2.94 bits per heavy atom. The van der Waals surface area contributed by atoms with Crippen LogP contribution in [0.1, 0.15) is 28.7 Å². The number of thiazole rings is 1. The Balaban J connectivity index is 2.18. The molecule has 1 fully saturated rings. The van der Waals surface area contributed by atoms with E-state index in [0.717, 1.165) is 28.4 Å². The van der Waals surface area contributed by atoms with Gasteiger partial charge in [-0.15, -0.1) is 0 Å². The fourth-order valence-electron chi connectivity index (χ4n) is 1.83. The highest BCUT2D eigenvalue weighted by Gasteiger charge is 2.23. The number of aryl methyl sites for hydroxylation is 1. The third-order valence-corrected chi connectivity index (χ3v) is 5.17. The van der Waals surface area contributed by atoms with Crippen LogP contribution in [0.25, 0.3) is 0 Å². The number of aldehydes is 1. The number of thioether (sulfide) groups is 1. The molecule has 0 aromatic carbocycles. The summed E-state index contributed by atoms with van der Waals surface area (Å²) in [5.74, 6) is 2.41. The van der Waals surface area contributed by atoms with E-state index in [1.54, 1.807) is 0 Å². The second-order valence-corrected chi connectivity index (χ2v) is 6.07. The quantitative estimate of drug-likeness (QED) is 0.775. The monoisotopic (exact) mass is 256 g/mol. The molecule has 16 heavy (non-hydrogen) atoms. The molecule has 1 atom stereocenters. The summed E-state index contributed by atoms with van der Waals surface area (Å²) in [6.45, 7) is 2.04. The molecule has 1 aromatic heterocycles. The van der Waals surface area contributed by atoms with E-state index in [9.17, 15) is 4.79 Å². The maximum absolute atomic E-state index is 10.9. The van der Waals surface area contributed by atoms with Crippen LogP contribution in [0.15, 0.2) is 0 Å². The third-order valence-electron chi connectivity index (χ3n) is 2.91. The minimum atomic E-state index is 0.584. The molecule has 1 unspecified atom stereocenters. The fourth-order valence-corrected chi connectivity index (χ4v) is 4.10. The molecular formula is C11H16N2OS2. The van der Waals surface area contributed by atoms with E-state index in [-0.39, 0.29) is 0 Å². The molecule has 0 bridgehead atoms. The SMILES string of the molecule is CCc1nc(N(C)C2CCSC2)sc1C=O. The Kier molecular flexibility index (Phi) is 3.86. The molecule has 0 aliphatic carbocycles. The summed E-state index contributed by atoms with van der Waals surface area (Å²) in [7, 11) is 2.09. The zero-order chi connectivity index (χ0) is 11.5. The zero-order valence-corrected chi connectivity index (χ0v) is 11.2. The van der Waals surface area contributed by atoms with Crippen LogP contribution in [-0.4, -0.2) is 35.9 Å². The highest BCUT2D eigenvalue weighted by Crippen LogP contribution is 2.30. The van der Waals surface area contributed by atoms with Crippen LogP contribution in [0.3, 0.4) is 0 Å². The van der Waals surface area contributed by atoms with E-state index in [4.69, 9.17) is 0 Å². The molecule has 5 heteroatoms. The number of carbonyl (C=O) groups is 1. The molecule has 0 N–H and O–H groups in total. The van der Waals surface area contributed by atoms with E-state index < -0.39 is 0 Å². The lowest BCUT2D eigenvalue weighted by Gasteiger charge is -2.22. The summed E-state index contributed by atoms with van der Waals surface area (Å²) in [5, 5.41) is 0.992. The summed E-state index contributed by atoms with van der Waals surface area (Å²) >= 11 is 3.51. The van der Waals surface area contributed by atoms with Crippen molar-refractivity contribution >= 4 is 34.5 Å². The Morgan fingerprint density at radius 1 is 1.62 bits per heavy atom. The molecular weight excluding hydrogens is 240 g/mol. The molecule has 1 aromatic rings. The summed E-state index contributed by atoms with van der Waals surface area (Å²) in [6, 6.07) is 0.584. The van der Waals surface area contributed by atoms with Crippen molar-refractivity contribution in [2.45, 2.75) is 25.8 Å². The lowest BCUT2D eigenvalue weighted by molar-refractivity contribution is 0.112. The molecule has 0 saturated carbocycles. The molecule has 0 radical (unpaired) electrons. The van der Waals surface area contributed by atoms with Crippen LogP contribution in [0.4, 0.5) is 5.13 Å². The minimum Gasteiger partial charge on any atom is -0.347 e. The summed E-state index contributed by atoms with van der Waals surface area (Å²) in [6.07, 6.45) is 2.98. The Labute approximate surface area is 104 Å². The van der Waals surface area contributed by atoms with Crippen LogP contribution in [0.5, 0.6) is 0 Å². The molecule has 3 nitrogen and oxygen atoms in total. The highest BCUT2D eigenvalue weighted by molar-refractivity contribution is 7.99. The van der Waals surface area contributed by atoms with Crippen LogP contribution in [0.2, 0.25) is 0 Å². The lowest BCUT2D eigenvalue weighted by atomic mass is 10.2. The van der Waals surface area contributed by atoms with E-state index in [2.05, 4.69) is 16.9 Å². The number of rotatable bonds is 4. The molecule has 2 rings (SSSR count). The number of hydrogen-bond acceptors (Lipinski definition) is 5. The first kappa shape index (κ1) is 11.9. The van der Waals surface area contributed by atoms with Crippen molar-refractivity contribution in [2.75, 3.05) is 23.5 Å². The maximum atomic E-state index is 10.9. The smallest absolute Gasteiger partial charge is 0.186 e. The number of anilines is 1. The largest absolute Gasteiger partial charge is 0.347 e. The second kappa shape index (κ2) is 5.19. The van der Waals surface area contributed by atoms with Crippen LogP contribution in [0, 0.1) is 0 Å². The Morgan fingerprint density at radius 2 is 2.44 bits per heavy atom. The van der Waals surface area contributed by atoms with Crippen molar-refractivity contribution in [1.82, 2.24) is 4.98 Å². The first-order chi connectivity index (χ1) is 7.76. The van der Waals surface area contributed by atoms with Gasteiger partial charge in [-0.1, -0.05) is 18.3 Å². The molecule has 88 valence electrons. The van der Waals surface area contributed by atoms with Gasteiger partial charge in [0.15, 0.2) is 11.4 Å². The van der Waals surface area contributed by atoms with Crippen LogP contribution >= 0.6 is 23.1 Å². The molecule has 1 saturated heterocycles. The Bertz CT molecular complexity index is 372. The van der Waals surface area contributed by atoms with Gasteiger partial charge in [-0.05, 0) is 18.6 Å². The van der Waals surface area contributed by atoms with Crippen molar-refractivity contribution in [3.05, 3.63) is 10.6 Å². The average molecular weight is 256 g/mol. The lowest BCUT2D eigenvalue weighted by Crippen LogP contribution is -2.31. The first-order valence-electron chi connectivity index (χ1n) is 5.51. The van der Waals surface area contributed by atoms with Gasteiger partial charge in [-0.2, -0.15) is 11.8 Å². The zero-order valence-electron chi connectivity index (χ0n) is 9.60. The highest BCUT2D eigenvalue weighted by atomic mass is 32.2. The van der Waals surface area contributed by atoms with Crippen molar-refractivity contribution in [2.24, 2.45) is 0 Å². The second-order valence-electron chi connectivity index (χ2n) is 3.91. The Hall–Kier alpha value is -0.550. The van der Waals surface area contributed by atoms with E-state index in [0.29, 0.717) is 6.04 Å². The topological polar surface area (TPSA) is 33.2 Å². The van der Waals surface area contributed by atoms with Gasteiger partial charge in [0.2, 0.25) is 0 Å². The van der Waals surface area contributed by atoms with Gasteiger partial charge in [0.1, 0.15) is 0 Å². The van der Waals surface area contributed by atoms with Gasteiger partial charge in [-0.3, -0.25) is 4.79 Å². The first-order valence-corrected chi connectivity index (χ1v) is 7.48. The van der Waals surface area contributed by atoms with E-state index in [1.807, 2.05) is 18.7 Å². The van der Waals surface area contributed by atoms with Crippen molar-refractivity contribution < 1.29 is 4.79 Å². The number of carbonyl (C=O) groups excluding carboxylic acids is 1. The van der Waals surface area contributed by atoms with Gasteiger partial charge in [0.05, 0.1) is 10.6 Å². The van der Waals surface area contributed by atoms with Gasteiger partial charge in [-0.25, -0.2) is 4.98 Å². The number of nitrogens with zero attached hydrogens (tertiary/aromatic N) is 2. The standard InChI is InChI=1S/C11H16N2OS2/c1-3-9-10(6-14)16-11(12-9)13(2)8-4-5-15-7-8/h6,8H,3-5,7H2,1-2H3. The van der Waals surface area contributed by atoms with Crippen LogP contribution in [-0.2, 0) is 6.42 Å². The third kappa shape index (κ3) is 2.25. The van der Waals surface area contributed by atoms with Crippen molar-refractivity contribution in [3.63, 3.8) is 0 Å². The van der Waals surface area contributed by atoms with E-state index in [1.165, 1.54) is 29.3 Å². The van der Waals surface area contributed by atoms with Crippen molar-refractivity contribution in [1.29, 1.82) is 0 Å². The van der Waals surface area contributed by atoms with Gasteiger partial charge in [0, 0.05) is 18.8 Å². The average Bonchev–Trinajstić information content (AvgIpc) is 2.96. The fraction of sp³-hybridized carbons (Fsp3) is 0.636. The minimum absolute atomic E-state index is 0.584. The summed E-state index contributed by atoms with van der Waals surface area (Å²) < 4.78 is 0. The summed E-state index contributed by atoms with van der Waals surface area (Å²) in [4.78, 5) is 18.5. The predicted molar refractivity (Wildman–Crippen MR) is 71.0 cm³/mol. The van der Waals surface area contributed by atoms with Gasteiger partial charge >= 0.3 is 0 Å². The predicted octanol–water partition coefficient (Wildman–Crippen LogP) is 2.46. The van der Waals surface area contributed by atoms with Gasteiger partial charge < -0.3 is 4.90 Å². The van der Waals surface area contributed by atoms with Gasteiger partial charge in [0.25, 0.3) is 0 Å². The normalized spacial score (nSPS) is 20.0. The molecule has 1 aliphatic heterocycles. The molecule has 2 heterocycles. The van der Waals surface area contributed by atoms with Crippen molar-refractivity contribution in [3.8, 4) is 0 Å². The maximum Gasteiger partial charge on any atom is 0.186 e.